The summed E-state index contributed by atoms with van der Waals surface area (Å²) in [4.78, 5) is 0. The Bertz CT molecular complexity index is 655. The van der Waals surface area contributed by atoms with Crippen LogP contribution in [0.2, 0.25) is 0 Å². The van der Waals surface area contributed by atoms with Crippen molar-refractivity contribution in [2.45, 2.75) is 32.4 Å². The van der Waals surface area contributed by atoms with Gasteiger partial charge in [0.1, 0.15) is 17.3 Å². The number of ether oxygens (including phenoxy) is 1. The zero-order chi connectivity index (χ0) is 14.8. The first-order valence-electron chi connectivity index (χ1n) is 7.07. The lowest BCUT2D eigenvalue weighted by Gasteiger charge is -2.14. The Morgan fingerprint density at radius 2 is 2.00 bits per heavy atom. The lowest BCUT2D eigenvalue weighted by Crippen LogP contribution is -2.16. The van der Waals surface area contributed by atoms with Crippen LogP contribution in [-0.4, -0.2) is 6.04 Å². The lowest BCUT2D eigenvalue weighted by molar-refractivity contribution is 0.466. The van der Waals surface area contributed by atoms with Crippen LogP contribution in [0.15, 0.2) is 40.9 Å². The van der Waals surface area contributed by atoms with Crippen molar-refractivity contribution in [3.05, 3.63) is 57.8 Å². The van der Waals surface area contributed by atoms with E-state index in [0.717, 1.165) is 21.3 Å². The predicted octanol–water partition coefficient (Wildman–Crippen LogP) is 4.94. The van der Waals surface area contributed by atoms with Crippen molar-refractivity contribution in [3.63, 3.8) is 0 Å². The van der Waals surface area contributed by atoms with Crippen LogP contribution in [0, 0.1) is 12.7 Å². The number of nitrogens with one attached hydrogen (secondary N) is 1. The van der Waals surface area contributed by atoms with Crippen LogP contribution in [0.5, 0.6) is 11.5 Å². The number of halogens is 2. The second-order valence-corrected chi connectivity index (χ2v) is 6.33. The third-order valence-corrected chi connectivity index (χ3v) is 4.04. The van der Waals surface area contributed by atoms with Gasteiger partial charge in [-0.15, -0.1) is 0 Å². The lowest BCUT2D eigenvalue weighted by atomic mass is 10.1. The maximum Gasteiger partial charge on any atom is 0.132 e. The summed E-state index contributed by atoms with van der Waals surface area (Å²) in [6.07, 6.45) is 2.41. The van der Waals surface area contributed by atoms with E-state index in [9.17, 15) is 4.39 Å². The Hall–Kier alpha value is -1.39. The summed E-state index contributed by atoms with van der Waals surface area (Å²) in [5.74, 6) is 1.25. The monoisotopic (exact) mass is 349 g/mol. The first kappa shape index (κ1) is 14.5. The smallest absolute Gasteiger partial charge is 0.132 e. The molecular formula is C17H17BrFNO. The molecule has 2 nitrogen and oxygen atoms in total. The molecule has 0 unspecified atom stereocenters. The fourth-order valence-corrected chi connectivity index (χ4v) is 2.47. The van der Waals surface area contributed by atoms with Crippen LogP contribution in [0.3, 0.4) is 0 Å². The molecule has 0 amide bonds. The summed E-state index contributed by atoms with van der Waals surface area (Å²) in [5, 5.41) is 3.40. The third-order valence-electron chi connectivity index (χ3n) is 3.55. The molecule has 3 rings (SSSR count). The molecule has 1 aliphatic rings. The fourth-order valence-electron chi connectivity index (χ4n) is 2.13. The molecule has 0 aromatic heterocycles. The molecule has 0 spiro atoms. The molecule has 110 valence electrons. The van der Waals surface area contributed by atoms with Gasteiger partial charge in [0, 0.05) is 22.6 Å². The van der Waals surface area contributed by atoms with Crippen molar-refractivity contribution in [2.75, 3.05) is 0 Å². The normalized spacial score (nSPS) is 14.2. The van der Waals surface area contributed by atoms with Gasteiger partial charge in [-0.05, 0) is 55.7 Å². The van der Waals surface area contributed by atoms with Gasteiger partial charge in [-0.3, -0.25) is 0 Å². The molecular weight excluding hydrogens is 333 g/mol. The molecule has 0 atom stereocenters. The van der Waals surface area contributed by atoms with Crippen LogP contribution < -0.4 is 10.1 Å². The highest BCUT2D eigenvalue weighted by atomic mass is 79.9. The van der Waals surface area contributed by atoms with Gasteiger partial charge >= 0.3 is 0 Å². The Balaban J connectivity index is 1.84. The SMILES string of the molecule is Cc1ccc(Br)cc1Oc1ccc(F)cc1CNC1CC1. The molecule has 4 heteroatoms. The van der Waals surface area contributed by atoms with Crippen molar-refractivity contribution in [2.24, 2.45) is 0 Å². The van der Waals surface area contributed by atoms with Crippen LogP contribution in [0.4, 0.5) is 4.39 Å². The van der Waals surface area contributed by atoms with Gasteiger partial charge in [0.15, 0.2) is 0 Å². The quantitative estimate of drug-likeness (QED) is 0.825. The van der Waals surface area contributed by atoms with E-state index < -0.39 is 0 Å². The van der Waals surface area contributed by atoms with Gasteiger partial charge in [0.2, 0.25) is 0 Å². The van der Waals surface area contributed by atoms with Crippen molar-refractivity contribution >= 4 is 15.9 Å². The molecule has 0 radical (unpaired) electrons. The second-order valence-electron chi connectivity index (χ2n) is 5.42. The van der Waals surface area contributed by atoms with Crippen molar-refractivity contribution < 1.29 is 9.13 Å². The van der Waals surface area contributed by atoms with E-state index in [2.05, 4.69) is 21.2 Å². The first-order chi connectivity index (χ1) is 10.1. The average molecular weight is 350 g/mol. The van der Waals surface area contributed by atoms with Crippen LogP contribution in [0.25, 0.3) is 0 Å². The van der Waals surface area contributed by atoms with Gasteiger partial charge in [0.25, 0.3) is 0 Å². The topological polar surface area (TPSA) is 21.3 Å². The number of aryl methyl sites for hydroxylation is 1. The third kappa shape index (κ3) is 3.83. The second kappa shape index (κ2) is 6.16. The maximum atomic E-state index is 13.5. The minimum atomic E-state index is -0.235. The molecule has 2 aromatic rings. The van der Waals surface area contributed by atoms with E-state index >= 15 is 0 Å². The van der Waals surface area contributed by atoms with E-state index in [1.165, 1.54) is 25.0 Å². The zero-order valence-corrected chi connectivity index (χ0v) is 13.4. The summed E-state index contributed by atoms with van der Waals surface area (Å²) in [5.41, 5.74) is 1.89. The number of benzene rings is 2. The fraction of sp³-hybridized carbons (Fsp3) is 0.294. The van der Waals surface area contributed by atoms with Crippen molar-refractivity contribution in [1.82, 2.24) is 5.32 Å². The maximum absolute atomic E-state index is 13.5. The molecule has 21 heavy (non-hydrogen) atoms. The molecule has 0 heterocycles. The molecule has 1 saturated carbocycles. The van der Waals surface area contributed by atoms with Crippen molar-refractivity contribution in [1.29, 1.82) is 0 Å². The minimum Gasteiger partial charge on any atom is -0.457 e. The molecule has 1 aliphatic carbocycles. The Labute approximate surface area is 132 Å². The summed E-state index contributed by atoms with van der Waals surface area (Å²) >= 11 is 3.45. The highest BCUT2D eigenvalue weighted by Gasteiger charge is 2.21. The molecule has 0 bridgehead atoms. The average Bonchev–Trinajstić information content (AvgIpc) is 3.27. The molecule has 1 N–H and O–H groups in total. The Morgan fingerprint density at radius 1 is 1.19 bits per heavy atom. The van der Waals surface area contributed by atoms with E-state index in [-0.39, 0.29) is 5.82 Å². The summed E-state index contributed by atoms with van der Waals surface area (Å²) in [6.45, 7) is 2.62. The largest absolute Gasteiger partial charge is 0.457 e. The van der Waals surface area contributed by atoms with E-state index in [0.29, 0.717) is 18.3 Å². The van der Waals surface area contributed by atoms with E-state index in [4.69, 9.17) is 4.74 Å². The summed E-state index contributed by atoms with van der Waals surface area (Å²) in [7, 11) is 0. The van der Waals surface area contributed by atoms with Gasteiger partial charge in [0.05, 0.1) is 0 Å². The van der Waals surface area contributed by atoms with Crippen LogP contribution >= 0.6 is 15.9 Å². The highest BCUT2D eigenvalue weighted by molar-refractivity contribution is 9.10. The number of hydrogen-bond donors (Lipinski definition) is 1. The Kier molecular flexibility index (Phi) is 4.27. The van der Waals surface area contributed by atoms with Gasteiger partial charge in [-0.25, -0.2) is 4.39 Å². The van der Waals surface area contributed by atoms with Crippen molar-refractivity contribution in [3.8, 4) is 11.5 Å². The molecule has 2 aromatic carbocycles. The van der Waals surface area contributed by atoms with Gasteiger partial charge in [-0.2, -0.15) is 0 Å². The number of rotatable bonds is 5. The standard InChI is InChI=1S/C17H17BrFNO/c1-11-2-3-13(18)9-17(11)21-16-7-4-14(19)8-12(16)10-20-15-5-6-15/h2-4,7-9,15,20H,5-6,10H2,1H3. The zero-order valence-electron chi connectivity index (χ0n) is 11.8. The summed E-state index contributed by atoms with van der Waals surface area (Å²) in [6, 6.07) is 11.1. The predicted molar refractivity (Wildman–Crippen MR) is 85.2 cm³/mol. The minimum absolute atomic E-state index is 0.235. The van der Waals surface area contributed by atoms with Crippen LogP contribution in [-0.2, 0) is 6.54 Å². The number of hydrogen-bond acceptors (Lipinski definition) is 2. The molecule has 1 fully saturated rings. The van der Waals surface area contributed by atoms with E-state index in [1.807, 2.05) is 25.1 Å². The van der Waals surface area contributed by atoms with Crippen LogP contribution in [0.1, 0.15) is 24.0 Å². The first-order valence-corrected chi connectivity index (χ1v) is 7.87. The summed E-state index contributed by atoms with van der Waals surface area (Å²) < 4.78 is 20.4. The molecule has 0 saturated heterocycles. The molecule has 0 aliphatic heterocycles. The van der Waals surface area contributed by atoms with Gasteiger partial charge in [-0.1, -0.05) is 22.0 Å². The van der Waals surface area contributed by atoms with Gasteiger partial charge < -0.3 is 10.1 Å². The van der Waals surface area contributed by atoms with E-state index in [1.54, 1.807) is 6.07 Å². The highest BCUT2D eigenvalue weighted by Crippen LogP contribution is 2.31. The Morgan fingerprint density at radius 3 is 2.76 bits per heavy atom.